The zero-order valence-corrected chi connectivity index (χ0v) is 14.4. The number of nitrogens with two attached hydrogens (primary N) is 1. The van der Waals surface area contributed by atoms with E-state index in [-0.39, 0.29) is 6.61 Å². The van der Waals surface area contributed by atoms with Gasteiger partial charge in [0.25, 0.3) is 5.91 Å². The molecule has 1 aliphatic rings. The van der Waals surface area contributed by atoms with Gasteiger partial charge in [-0.1, -0.05) is 36.4 Å². The van der Waals surface area contributed by atoms with Gasteiger partial charge in [0.2, 0.25) is 0 Å². The van der Waals surface area contributed by atoms with Crippen LogP contribution in [0, 0.1) is 0 Å². The Morgan fingerprint density at radius 1 is 1.25 bits per heavy atom. The second kappa shape index (κ2) is 8.22. The fourth-order valence-corrected chi connectivity index (χ4v) is 3.95. The van der Waals surface area contributed by atoms with Crippen LogP contribution in [0.3, 0.4) is 0 Å². The number of rotatable bonds is 6. The van der Waals surface area contributed by atoms with Crippen molar-refractivity contribution in [3.05, 3.63) is 65.2 Å². The van der Waals surface area contributed by atoms with Crippen LogP contribution in [0.25, 0.3) is 0 Å². The van der Waals surface area contributed by atoms with E-state index in [0.29, 0.717) is 11.8 Å². The predicted molar refractivity (Wildman–Crippen MR) is 98.2 cm³/mol. The van der Waals surface area contributed by atoms with E-state index in [1.807, 2.05) is 30.0 Å². The molecule has 0 bridgehead atoms. The molecule has 0 saturated heterocycles. The van der Waals surface area contributed by atoms with Gasteiger partial charge in [0.05, 0.1) is 0 Å². The molecule has 0 fully saturated rings. The van der Waals surface area contributed by atoms with Crippen molar-refractivity contribution in [2.75, 3.05) is 18.1 Å². The van der Waals surface area contributed by atoms with Crippen LogP contribution in [0.4, 0.5) is 0 Å². The third-order valence-electron chi connectivity index (χ3n) is 4.06. The summed E-state index contributed by atoms with van der Waals surface area (Å²) in [6.45, 7) is 0.664. The Bertz CT molecular complexity index is 705. The van der Waals surface area contributed by atoms with E-state index in [9.17, 15) is 4.79 Å². The monoisotopic (exact) mass is 342 g/mol. The zero-order chi connectivity index (χ0) is 16.8. The van der Waals surface area contributed by atoms with Crippen molar-refractivity contribution in [3.8, 4) is 5.75 Å². The molecule has 2 aromatic rings. The first-order valence-corrected chi connectivity index (χ1v) is 9.27. The topological polar surface area (TPSA) is 64.4 Å². The van der Waals surface area contributed by atoms with Crippen LogP contribution in [-0.4, -0.2) is 24.0 Å². The predicted octanol–water partition coefficient (Wildman–Crippen LogP) is 2.67. The lowest BCUT2D eigenvalue weighted by Gasteiger charge is -2.19. The zero-order valence-electron chi connectivity index (χ0n) is 13.5. The Hall–Kier alpha value is -1.98. The van der Waals surface area contributed by atoms with Crippen LogP contribution in [0.15, 0.2) is 48.5 Å². The fourth-order valence-electron chi connectivity index (χ4n) is 2.88. The summed E-state index contributed by atoms with van der Waals surface area (Å²) in [5, 5.41) is 3.66. The highest BCUT2D eigenvalue weighted by Gasteiger charge is 2.18. The van der Waals surface area contributed by atoms with E-state index in [0.717, 1.165) is 24.3 Å². The number of aryl methyl sites for hydroxylation is 1. The first kappa shape index (κ1) is 16.9. The molecule has 5 heteroatoms. The summed E-state index contributed by atoms with van der Waals surface area (Å²) < 4.78 is 5.37. The third-order valence-corrected chi connectivity index (χ3v) is 5.12. The van der Waals surface area contributed by atoms with Gasteiger partial charge in [0.15, 0.2) is 6.61 Å². The van der Waals surface area contributed by atoms with Gasteiger partial charge in [0, 0.05) is 18.3 Å². The Morgan fingerprint density at radius 2 is 2.12 bits per heavy atom. The van der Waals surface area contributed by atoms with E-state index >= 15 is 0 Å². The normalized spacial score (nSPS) is 16.9. The molecule has 3 rings (SSSR count). The summed E-state index contributed by atoms with van der Waals surface area (Å²) in [4.78, 5) is 10.8. The number of benzene rings is 2. The molecule has 24 heavy (non-hydrogen) atoms. The minimum Gasteiger partial charge on any atom is -0.484 e. The molecule has 126 valence electrons. The number of hydrogen-bond acceptors (Lipinski definition) is 4. The molecule has 0 radical (unpaired) electrons. The van der Waals surface area contributed by atoms with E-state index in [1.165, 1.54) is 16.9 Å². The first-order chi connectivity index (χ1) is 11.7. The number of amides is 1. The average molecular weight is 342 g/mol. The van der Waals surface area contributed by atoms with Crippen LogP contribution >= 0.6 is 11.8 Å². The van der Waals surface area contributed by atoms with Crippen LogP contribution in [0.2, 0.25) is 0 Å². The summed E-state index contributed by atoms with van der Waals surface area (Å²) in [5.74, 6) is 2.45. The van der Waals surface area contributed by atoms with Gasteiger partial charge in [-0.05, 0) is 41.0 Å². The Kier molecular flexibility index (Phi) is 5.77. The lowest BCUT2D eigenvalue weighted by Crippen LogP contribution is -2.23. The summed E-state index contributed by atoms with van der Waals surface area (Å²) in [7, 11) is 0. The highest BCUT2D eigenvalue weighted by molar-refractivity contribution is 7.99. The molecule has 1 aliphatic heterocycles. The number of carbonyl (C=O) groups is 1. The number of carbonyl (C=O) groups excluding carboxylic acids is 1. The van der Waals surface area contributed by atoms with Gasteiger partial charge < -0.3 is 15.8 Å². The van der Waals surface area contributed by atoms with Gasteiger partial charge in [0.1, 0.15) is 5.75 Å². The maximum Gasteiger partial charge on any atom is 0.255 e. The molecule has 0 aliphatic carbocycles. The molecule has 1 atom stereocenters. The van der Waals surface area contributed by atoms with Crippen molar-refractivity contribution >= 4 is 17.7 Å². The Morgan fingerprint density at radius 3 is 3.00 bits per heavy atom. The smallest absolute Gasteiger partial charge is 0.255 e. The molecule has 0 unspecified atom stereocenters. The second-order valence-electron chi connectivity index (χ2n) is 5.86. The van der Waals surface area contributed by atoms with E-state index < -0.39 is 5.91 Å². The van der Waals surface area contributed by atoms with Crippen LogP contribution in [0.5, 0.6) is 5.75 Å². The third kappa shape index (κ3) is 4.52. The van der Waals surface area contributed by atoms with E-state index in [2.05, 4.69) is 35.6 Å². The van der Waals surface area contributed by atoms with Gasteiger partial charge in [-0.2, -0.15) is 11.8 Å². The molecule has 0 aromatic heterocycles. The molecule has 0 spiro atoms. The highest BCUT2D eigenvalue weighted by atomic mass is 32.2. The SMILES string of the molecule is NC(=O)COc1cccc(CN[C@@H]2CSCCc3ccccc32)c1. The second-order valence-corrected chi connectivity index (χ2v) is 7.01. The first-order valence-electron chi connectivity index (χ1n) is 8.11. The average Bonchev–Trinajstić information content (AvgIpc) is 2.81. The molecule has 1 amide bonds. The molecular weight excluding hydrogens is 320 g/mol. The van der Waals surface area contributed by atoms with Crippen LogP contribution < -0.4 is 15.8 Å². The summed E-state index contributed by atoms with van der Waals surface area (Å²) >= 11 is 1.99. The lowest BCUT2D eigenvalue weighted by molar-refractivity contribution is -0.119. The fraction of sp³-hybridized carbons (Fsp3) is 0.316. The molecule has 1 heterocycles. The Labute approximate surface area is 146 Å². The molecular formula is C19H22N2O2S. The minimum atomic E-state index is -0.467. The van der Waals surface area contributed by atoms with Crippen LogP contribution in [0.1, 0.15) is 22.7 Å². The van der Waals surface area contributed by atoms with Crippen molar-refractivity contribution in [3.63, 3.8) is 0 Å². The summed E-state index contributed by atoms with van der Waals surface area (Å²) in [6.07, 6.45) is 1.13. The standard InChI is InChI=1S/C19H22N2O2S/c20-19(22)12-23-16-6-3-4-14(10-16)11-21-18-13-24-9-8-15-5-1-2-7-17(15)18/h1-7,10,18,21H,8-9,11-13H2,(H2,20,22)/t18-/m1/s1. The molecule has 2 aromatic carbocycles. The van der Waals surface area contributed by atoms with Crippen molar-refractivity contribution in [1.82, 2.24) is 5.32 Å². The molecule has 0 saturated carbocycles. The minimum absolute atomic E-state index is 0.0937. The molecule has 3 N–H and O–H groups in total. The number of fused-ring (bicyclic) bond motifs is 1. The number of nitrogens with one attached hydrogen (secondary N) is 1. The number of hydrogen-bond donors (Lipinski definition) is 2. The lowest BCUT2D eigenvalue weighted by atomic mass is 9.99. The van der Waals surface area contributed by atoms with Gasteiger partial charge in [-0.3, -0.25) is 4.79 Å². The van der Waals surface area contributed by atoms with Gasteiger partial charge in [-0.15, -0.1) is 0 Å². The number of ether oxygens (including phenoxy) is 1. The Balaban J connectivity index is 1.65. The summed E-state index contributed by atoms with van der Waals surface area (Å²) in [6, 6.07) is 16.8. The quantitative estimate of drug-likeness (QED) is 0.847. The summed E-state index contributed by atoms with van der Waals surface area (Å²) in [5.41, 5.74) is 9.09. The maximum absolute atomic E-state index is 10.8. The van der Waals surface area contributed by atoms with Gasteiger partial charge in [-0.25, -0.2) is 0 Å². The largest absolute Gasteiger partial charge is 0.484 e. The highest BCUT2D eigenvalue weighted by Crippen LogP contribution is 2.28. The van der Waals surface area contributed by atoms with E-state index in [4.69, 9.17) is 10.5 Å². The van der Waals surface area contributed by atoms with Crippen molar-refractivity contribution < 1.29 is 9.53 Å². The number of primary amides is 1. The molecule has 4 nitrogen and oxygen atoms in total. The number of thioether (sulfide) groups is 1. The van der Waals surface area contributed by atoms with Crippen molar-refractivity contribution in [2.45, 2.75) is 19.0 Å². The van der Waals surface area contributed by atoms with Crippen LogP contribution in [-0.2, 0) is 17.8 Å². The van der Waals surface area contributed by atoms with Crippen molar-refractivity contribution in [1.29, 1.82) is 0 Å². The van der Waals surface area contributed by atoms with E-state index in [1.54, 1.807) is 0 Å². The maximum atomic E-state index is 10.8. The van der Waals surface area contributed by atoms with Gasteiger partial charge >= 0.3 is 0 Å². The van der Waals surface area contributed by atoms with Crippen molar-refractivity contribution in [2.24, 2.45) is 5.73 Å².